The predicted octanol–water partition coefficient (Wildman–Crippen LogP) is 2.77. The van der Waals surface area contributed by atoms with Gasteiger partial charge in [-0.05, 0) is 24.1 Å². The van der Waals surface area contributed by atoms with Gasteiger partial charge < -0.3 is 4.98 Å². The van der Waals surface area contributed by atoms with E-state index in [2.05, 4.69) is 11.1 Å². The number of hydrogen-bond acceptors (Lipinski definition) is 5. The van der Waals surface area contributed by atoms with Crippen LogP contribution in [0.3, 0.4) is 0 Å². The second-order valence-corrected chi connectivity index (χ2v) is 7.38. The number of aromatic nitrogens is 1. The number of para-hydroxylation sites is 3. The van der Waals surface area contributed by atoms with Gasteiger partial charge in [0.05, 0.1) is 17.4 Å². The van der Waals surface area contributed by atoms with Crippen molar-refractivity contribution >= 4 is 34.1 Å². The van der Waals surface area contributed by atoms with Crippen LogP contribution in [0.2, 0.25) is 0 Å². The zero-order chi connectivity index (χ0) is 20.1. The highest BCUT2D eigenvalue weighted by molar-refractivity contribution is 6.23. The number of nitro benzene ring substituents is 1. The number of carbonyl (C=O) groups is 2. The lowest BCUT2D eigenvalue weighted by Crippen LogP contribution is -2.44. The molecule has 2 amide bonds. The quantitative estimate of drug-likeness (QED) is 0.421. The van der Waals surface area contributed by atoms with Crippen molar-refractivity contribution in [2.45, 2.75) is 25.4 Å². The molecular formula is C21H18N4O4. The number of nitrogens with zero attached hydrogens (tertiary/aromatic N) is 3. The molecule has 1 N–H and O–H groups in total. The van der Waals surface area contributed by atoms with E-state index in [1.54, 1.807) is 6.07 Å². The molecule has 0 spiro atoms. The van der Waals surface area contributed by atoms with Crippen molar-refractivity contribution in [2.24, 2.45) is 0 Å². The van der Waals surface area contributed by atoms with Crippen LogP contribution in [0.25, 0.3) is 10.9 Å². The van der Waals surface area contributed by atoms with Gasteiger partial charge in [-0.15, -0.1) is 0 Å². The first-order valence-electron chi connectivity index (χ1n) is 9.47. The zero-order valence-electron chi connectivity index (χ0n) is 15.5. The molecule has 2 aliphatic rings. The van der Waals surface area contributed by atoms with Crippen molar-refractivity contribution in [3.8, 4) is 0 Å². The number of nitrogens with one attached hydrogen (secondary N) is 1. The number of rotatable bonds is 3. The Kier molecular flexibility index (Phi) is 3.95. The Labute approximate surface area is 165 Å². The standard InChI is InChI=1S/C21H18N4O4/c26-20-11-19(21(27)24(20)17-7-3-4-8-18(17)25(28)29)23-10-9-14-13-5-1-2-6-15(13)22-16(14)12-23/h1-8,19,22H,9-12H2/t19-/m1/s1. The number of amides is 2. The fourth-order valence-electron chi connectivity index (χ4n) is 4.44. The van der Waals surface area contributed by atoms with Crippen LogP contribution < -0.4 is 4.90 Å². The Morgan fingerprint density at radius 1 is 1.07 bits per heavy atom. The average Bonchev–Trinajstić information content (AvgIpc) is 3.24. The Bertz CT molecular complexity index is 1170. The molecule has 2 aromatic carbocycles. The highest BCUT2D eigenvalue weighted by Crippen LogP contribution is 2.35. The van der Waals surface area contributed by atoms with E-state index in [0.717, 1.165) is 22.5 Å². The highest BCUT2D eigenvalue weighted by atomic mass is 16.6. The van der Waals surface area contributed by atoms with Gasteiger partial charge in [-0.3, -0.25) is 24.6 Å². The van der Waals surface area contributed by atoms with E-state index >= 15 is 0 Å². The fourth-order valence-corrected chi connectivity index (χ4v) is 4.44. The van der Waals surface area contributed by atoms with Gasteiger partial charge in [-0.2, -0.15) is 0 Å². The van der Waals surface area contributed by atoms with Crippen molar-refractivity contribution in [2.75, 3.05) is 11.4 Å². The van der Waals surface area contributed by atoms with E-state index in [-0.39, 0.29) is 17.8 Å². The molecule has 2 aliphatic heterocycles. The lowest BCUT2D eigenvalue weighted by Gasteiger charge is -2.30. The fraction of sp³-hybridized carbons (Fsp3) is 0.238. The summed E-state index contributed by atoms with van der Waals surface area (Å²) in [5.74, 6) is -0.805. The lowest BCUT2D eigenvalue weighted by atomic mass is 10.0. The van der Waals surface area contributed by atoms with Gasteiger partial charge in [0.1, 0.15) is 5.69 Å². The van der Waals surface area contributed by atoms with Gasteiger partial charge in [0.15, 0.2) is 0 Å². The number of hydrogen-bond donors (Lipinski definition) is 1. The van der Waals surface area contributed by atoms with E-state index in [1.807, 2.05) is 23.1 Å². The number of H-pyrrole nitrogens is 1. The average molecular weight is 390 g/mol. The van der Waals surface area contributed by atoms with Gasteiger partial charge >= 0.3 is 0 Å². The van der Waals surface area contributed by atoms with Gasteiger partial charge in [-0.1, -0.05) is 30.3 Å². The van der Waals surface area contributed by atoms with Crippen LogP contribution in [0.15, 0.2) is 48.5 Å². The summed E-state index contributed by atoms with van der Waals surface area (Å²) in [6.45, 7) is 1.20. The summed E-state index contributed by atoms with van der Waals surface area (Å²) in [5.41, 5.74) is 3.17. The zero-order valence-corrected chi connectivity index (χ0v) is 15.5. The SMILES string of the molecule is O=C1C[C@@H](N2CCc3c([nH]c4ccccc34)C2)C(=O)N1c1ccccc1[N+](=O)[O-]. The normalized spacial score (nSPS) is 19.7. The maximum Gasteiger partial charge on any atom is 0.293 e. The first-order chi connectivity index (χ1) is 14.0. The third-order valence-corrected chi connectivity index (χ3v) is 5.80. The summed E-state index contributed by atoms with van der Waals surface area (Å²) < 4.78 is 0. The van der Waals surface area contributed by atoms with Crippen LogP contribution in [-0.2, 0) is 22.6 Å². The summed E-state index contributed by atoms with van der Waals surface area (Å²) in [4.78, 5) is 42.9. The van der Waals surface area contributed by atoms with E-state index in [0.29, 0.717) is 13.1 Å². The largest absolute Gasteiger partial charge is 0.357 e. The van der Waals surface area contributed by atoms with Crippen LogP contribution in [0.5, 0.6) is 0 Å². The smallest absolute Gasteiger partial charge is 0.293 e. The summed E-state index contributed by atoms with van der Waals surface area (Å²) in [5, 5.41) is 12.5. The summed E-state index contributed by atoms with van der Waals surface area (Å²) in [6, 6.07) is 13.4. The maximum absolute atomic E-state index is 13.1. The number of fused-ring (bicyclic) bond motifs is 3. The minimum atomic E-state index is -0.609. The van der Waals surface area contributed by atoms with Gasteiger partial charge in [0, 0.05) is 35.8 Å². The Morgan fingerprint density at radius 3 is 2.66 bits per heavy atom. The molecule has 0 radical (unpaired) electrons. The minimum Gasteiger partial charge on any atom is -0.357 e. The summed E-state index contributed by atoms with van der Waals surface area (Å²) >= 11 is 0. The number of carbonyl (C=O) groups excluding carboxylic acids is 2. The van der Waals surface area contributed by atoms with E-state index in [9.17, 15) is 19.7 Å². The van der Waals surface area contributed by atoms with E-state index < -0.39 is 22.8 Å². The second-order valence-electron chi connectivity index (χ2n) is 7.38. The molecule has 0 aliphatic carbocycles. The number of imide groups is 1. The van der Waals surface area contributed by atoms with Crippen molar-refractivity contribution in [3.63, 3.8) is 0 Å². The Balaban J connectivity index is 1.44. The van der Waals surface area contributed by atoms with Crippen LogP contribution in [-0.4, -0.2) is 39.2 Å². The van der Waals surface area contributed by atoms with Crippen LogP contribution >= 0.6 is 0 Å². The van der Waals surface area contributed by atoms with Gasteiger partial charge in [0.2, 0.25) is 5.91 Å². The van der Waals surface area contributed by atoms with Gasteiger partial charge in [0.25, 0.3) is 11.6 Å². The van der Waals surface area contributed by atoms with E-state index in [1.165, 1.54) is 29.1 Å². The molecule has 1 saturated heterocycles. The molecule has 3 aromatic rings. The van der Waals surface area contributed by atoms with Crippen molar-refractivity contribution in [1.82, 2.24) is 9.88 Å². The molecule has 5 rings (SSSR count). The highest BCUT2D eigenvalue weighted by Gasteiger charge is 2.45. The van der Waals surface area contributed by atoms with Crippen LogP contribution in [0.4, 0.5) is 11.4 Å². The molecule has 1 aromatic heterocycles. The first kappa shape index (κ1) is 17.6. The summed E-state index contributed by atoms with van der Waals surface area (Å²) in [7, 11) is 0. The monoisotopic (exact) mass is 390 g/mol. The Morgan fingerprint density at radius 2 is 1.83 bits per heavy atom. The third kappa shape index (κ3) is 2.72. The van der Waals surface area contributed by atoms with Crippen molar-refractivity contribution in [1.29, 1.82) is 0 Å². The van der Waals surface area contributed by atoms with Crippen molar-refractivity contribution in [3.05, 3.63) is 69.9 Å². The van der Waals surface area contributed by atoms with E-state index in [4.69, 9.17) is 0 Å². The molecule has 3 heterocycles. The number of anilines is 1. The maximum atomic E-state index is 13.1. The molecular weight excluding hydrogens is 372 g/mol. The molecule has 0 unspecified atom stereocenters. The predicted molar refractivity (Wildman–Crippen MR) is 106 cm³/mol. The molecule has 146 valence electrons. The number of aromatic amines is 1. The summed E-state index contributed by atoms with van der Waals surface area (Å²) in [6.07, 6.45) is 0.809. The first-order valence-corrected chi connectivity index (χ1v) is 9.47. The molecule has 29 heavy (non-hydrogen) atoms. The molecule has 8 heteroatoms. The molecule has 8 nitrogen and oxygen atoms in total. The molecule has 1 atom stereocenters. The lowest BCUT2D eigenvalue weighted by molar-refractivity contribution is -0.384. The minimum absolute atomic E-state index is 0.0282. The van der Waals surface area contributed by atoms with Crippen LogP contribution in [0.1, 0.15) is 17.7 Å². The van der Waals surface area contributed by atoms with Crippen LogP contribution in [0, 0.1) is 10.1 Å². The molecule has 0 bridgehead atoms. The molecule has 0 saturated carbocycles. The van der Waals surface area contributed by atoms with Gasteiger partial charge in [-0.25, -0.2) is 4.90 Å². The third-order valence-electron chi connectivity index (χ3n) is 5.80. The Hall–Kier alpha value is -3.52. The topological polar surface area (TPSA) is 99.6 Å². The number of nitro groups is 1. The number of benzene rings is 2. The van der Waals surface area contributed by atoms with Crippen molar-refractivity contribution < 1.29 is 14.5 Å². The second kappa shape index (κ2) is 6.52. The molecule has 1 fully saturated rings.